The summed E-state index contributed by atoms with van der Waals surface area (Å²) in [7, 11) is 1.30. The minimum Gasteiger partial charge on any atom is -0.494 e. The zero-order chi connectivity index (χ0) is 14.7. The van der Waals surface area contributed by atoms with Gasteiger partial charge in [-0.2, -0.15) is 0 Å². The van der Waals surface area contributed by atoms with Gasteiger partial charge in [-0.25, -0.2) is 13.2 Å². The number of hydrogen-bond acceptors (Lipinski definition) is 1. The van der Waals surface area contributed by atoms with Crippen LogP contribution < -0.4 is 4.74 Å². The molecule has 2 aromatic rings. The quantitative estimate of drug-likeness (QED) is 0.725. The largest absolute Gasteiger partial charge is 0.494 e. The molecule has 0 atom stereocenters. The molecule has 0 saturated heterocycles. The van der Waals surface area contributed by atoms with E-state index in [1.165, 1.54) is 31.4 Å². The van der Waals surface area contributed by atoms with Crippen LogP contribution in [0.3, 0.4) is 0 Å². The van der Waals surface area contributed by atoms with Gasteiger partial charge in [0.05, 0.1) is 7.11 Å². The first-order valence-electron chi connectivity index (χ1n) is 5.99. The predicted octanol–water partition coefficient (Wildman–Crippen LogP) is 4.91. The van der Waals surface area contributed by atoms with Crippen LogP contribution in [0.2, 0.25) is 0 Å². The van der Waals surface area contributed by atoms with E-state index in [2.05, 4.69) is 0 Å². The van der Waals surface area contributed by atoms with Gasteiger partial charge >= 0.3 is 0 Å². The molecule has 4 heteroatoms. The third-order valence-electron chi connectivity index (χ3n) is 2.90. The molecule has 2 aromatic carbocycles. The lowest BCUT2D eigenvalue weighted by molar-refractivity contribution is 0.386. The normalized spacial score (nSPS) is 12.1. The smallest absolute Gasteiger partial charge is 0.166 e. The van der Waals surface area contributed by atoms with Gasteiger partial charge in [0.15, 0.2) is 23.2 Å². The van der Waals surface area contributed by atoms with Gasteiger partial charge in [-0.15, -0.1) is 0 Å². The van der Waals surface area contributed by atoms with E-state index in [4.69, 9.17) is 4.74 Å². The average molecular weight is 278 g/mol. The van der Waals surface area contributed by atoms with E-state index >= 15 is 0 Å². The van der Waals surface area contributed by atoms with Gasteiger partial charge < -0.3 is 4.74 Å². The number of benzene rings is 2. The molecule has 0 aliphatic rings. The Labute approximate surface area is 115 Å². The van der Waals surface area contributed by atoms with Crippen molar-refractivity contribution in [3.8, 4) is 5.75 Å². The van der Waals surface area contributed by atoms with Gasteiger partial charge in [-0.05, 0) is 25.1 Å². The summed E-state index contributed by atoms with van der Waals surface area (Å²) in [6, 6.07) is 9.74. The Morgan fingerprint density at radius 2 is 1.45 bits per heavy atom. The zero-order valence-electron chi connectivity index (χ0n) is 11.1. The van der Waals surface area contributed by atoms with Crippen molar-refractivity contribution in [2.75, 3.05) is 7.11 Å². The van der Waals surface area contributed by atoms with E-state index in [0.29, 0.717) is 0 Å². The molecule has 0 N–H and O–H groups in total. The van der Waals surface area contributed by atoms with Gasteiger partial charge in [0.1, 0.15) is 0 Å². The van der Waals surface area contributed by atoms with Crippen LogP contribution >= 0.6 is 0 Å². The zero-order valence-corrected chi connectivity index (χ0v) is 11.1. The highest BCUT2D eigenvalue weighted by Crippen LogP contribution is 2.30. The Balaban J connectivity index is 2.42. The minimum atomic E-state index is -1.10. The number of ether oxygens (including phenoxy) is 1. The summed E-state index contributed by atoms with van der Waals surface area (Å²) < 4.78 is 46.3. The molecular formula is C16H13F3O. The summed E-state index contributed by atoms with van der Waals surface area (Å²) in [5.74, 6) is -2.88. The summed E-state index contributed by atoms with van der Waals surface area (Å²) in [6.07, 6.45) is 0. The molecule has 0 bridgehead atoms. The monoisotopic (exact) mass is 278 g/mol. The van der Waals surface area contributed by atoms with Crippen LogP contribution in [-0.2, 0) is 0 Å². The lowest BCUT2D eigenvalue weighted by atomic mass is 10.1. The second-order valence-corrected chi connectivity index (χ2v) is 4.34. The van der Waals surface area contributed by atoms with Crippen molar-refractivity contribution < 1.29 is 17.9 Å². The number of aryl methyl sites for hydroxylation is 1. The third kappa shape index (κ3) is 2.85. The van der Waals surface area contributed by atoms with Crippen LogP contribution in [0.4, 0.5) is 13.2 Å². The number of methoxy groups -OCH3 is 1. The van der Waals surface area contributed by atoms with E-state index < -0.39 is 17.5 Å². The molecule has 20 heavy (non-hydrogen) atoms. The summed E-state index contributed by atoms with van der Waals surface area (Å²) in [5.41, 5.74) is 0.892. The maximum absolute atomic E-state index is 14.0. The van der Waals surface area contributed by atoms with Crippen molar-refractivity contribution >= 4 is 11.7 Å². The summed E-state index contributed by atoms with van der Waals surface area (Å²) in [5, 5.41) is 0. The fourth-order valence-corrected chi connectivity index (χ4v) is 1.76. The molecule has 0 aromatic heterocycles. The highest BCUT2D eigenvalue weighted by molar-refractivity contribution is 5.83. The number of hydrogen-bond donors (Lipinski definition) is 0. The highest BCUT2D eigenvalue weighted by Gasteiger charge is 2.13. The summed E-state index contributed by atoms with van der Waals surface area (Å²) in [6.45, 7) is 1.85. The first-order valence-corrected chi connectivity index (χ1v) is 5.99. The lowest BCUT2D eigenvalue weighted by Gasteiger charge is -2.05. The number of rotatable bonds is 3. The molecule has 0 fully saturated rings. The molecule has 0 spiro atoms. The van der Waals surface area contributed by atoms with Crippen LogP contribution in [0.25, 0.3) is 11.7 Å². The maximum Gasteiger partial charge on any atom is 0.166 e. The fraction of sp³-hybridized carbons (Fsp3) is 0.125. The second-order valence-electron chi connectivity index (χ2n) is 4.34. The number of halogens is 3. The molecule has 0 amide bonds. The van der Waals surface area contributed by atoms with Gasteiger partial charge in [0.2, 0.25) is 0 Å². The molecule has 104 valence electrons. The third-order valence-corrected chi connectivity index (χ3v) is 2.90. The Morgan fingerprint density at radius 1 is 0.900 bits per heavy atom. The Morgan fingerprint density at radius 3 is 2.00 bits per heavy atom. The standard InChI is InChI=1S/C16H13F3O/c1-10-3-5-11(6-4-10)15(18)16(19)12-7-8-14(20-2)13(17)9-12/h3-9H,1-2H3/b16-15+. The Bertz CT molecular complexity index is 645. The summed E-state index contributed by atoms with van der Waals surface area (Å²) >= 11 is 0. The highest BCUT2D eigenvalue weighted by atomic mass is 19.2. The van der Waals surface area contributed by atoms with Crippen LogP contribution in [0.15, 0.2) is 42.5 Å². The SMILES string of the molecule is COc1ccc(/C(F)=C(\F)c2ccc(C)cc2)cc1F. The fourth-order valence-electron chi connectivity index (χ4n) is 1.76. The van der Waals surface area contributed by atoms with E-state index in [0.717, 1.165) is 11.6 Å². The van der Waals surface area contributed by atoms with Crippen LogP contribution in [0, 0.1) is 12.7 Å². The van der Waals surface area contributed by atoms with Crippen LogP contribution in [0.1, 0.15) is 16.7 Å². The maximum atomic E-state index is 14.0. The van der Waals surface area contributed by atoms with E-state index in [9.17, 15) is 13.2 Å². The first-order chi connectivity index (χ1) is 9.52. The van der Waals surface area contributed by atoms with Crippen molar-refractivity contribution in [1.82, 2.24) is 0 Å². The molecule has 0 saturated carbocycles. The van der Waals surface area contributed by atoms with Crippen LogP contribution in [-0.4, -0.2) is 7.11 Å². The lowest BCUT2D eigenvalue weighted by Crippen LogP contribution is -1.90. The Hall–Kier alpha value is -2.23. The molecule has 2 rings (SSSR count). The van der Waals surface area contributed by atoms with E-state index in [1.54, 1.807) is 12.1 Å². The average Bonchev–Trinajstić information content (AvgIpc) is 2.46. The first kappa shape index (κ1) is 14.2. The topological polar surface area (TPSA) is 9.23 Å². The van der Waals surface area contributed by atoms with Gasteiger partial charge in [-0.3, -0.25) is 0 Å². The van der Waals surface area contributed by atoms with Crippen molar-refractivity contribution in [2.24, 2.45) is 0 Å². The molecule has 1 nitrogen and oxygen atoms in total. The molecule has 0 unspecified atom stereocenters. The van der Waals surface area contributed by atoms with Gasteiger partial charge in [0.25, 0.3) is 0 Å². The molecule has 0 aliphatic heterocycles. The van der Waals surface area contributed by atoms with Crippen molar-refractivity contribution in [3.05, 3.63) is 65.0 Å². The van der Waals surface area contributed by atoms with Crippen molar-refractivity contribution in [1.29, 1.82) is 0 Å². The Kier molecular flexibility index (Phi) is 4.13. The predicted molar refractivity (Wildman–Crippen MR) is 73.2 cm³/mol. The van der Waals surface area contributed by atoms with E-state index in [1.807, 2.05) is 6.92 Å². The van der Waals surface area contributed by atoms with Crippen LogP contribution in [0.5, 0.6) is 5.75 Å². The molecular weight excluding hydrogens is 265 g/mol. The van der Waals surface area contributed by atoms with Crippen molar-refractivity contribution in [3.63, 3.8) is 0 Å². The minimum absolute atomic E-state index is 0.0164. The summed E-state index contributed by atoms with van der Waals surface area (Å²) in [4.78, 5) is 0. The van der Waals surface area contributed by atoms with Crippen molar-refractivity contribution in [2.45, 2.75) is 6.92 Å². The molecule has 0 aliphatic carbocycles. The molecule has 0 radical (unpaired) electrons. The van der Waals surface area contributed by atoms with E-state index in [-0.39, 0.29) is 16.9 Å². The van der Waals surface area contributed by atoms with Gasteiger partial charge in [0, 0.05) is 11.1 Å². The molecule has 0 heterocycles. The van der Waals surface area contributed by atoms with Gasteiger partial charge in [-0.1, -0.05) is 29.8 Å². The second kappa shape index (κ2) is 5.82.